The summed E-state index contributed by atoms with van der Waals surface area (Å²) in [6.45, 7) is 3.21. The van der Waals surface area contributed by atoms with Crippen molar-refractivity contribution in [3.8, 4) is 0 Å². The lowest BCUT2D eigenvalue weighted by molar-refractivity contribution is -0.121. The molecule has 0 saturated heterocycles. The van der Waals surface area contributed by atoms with E-state index < -0.39 is 0 Å². The fourth-order valence-corrected chi connectivity index (χ4v) is 3.79. The van der Waals surface area contributed by atoms with Gasteiger partial charge in [-0.05, 0) is 49.9 Å². The highest BCUT2D eigenvalue weighted by Gasteiger charge is 2.22. The first kappa shape index (κ1) is 14.8. The molecule has 2 fully saturated rings. The molecule has 0 spiro atoms. The van der Waals surface area contributed by atoms with Crippen LogP contribution < -0.4 is 11.1 Å². The van der Waals surface area contributed by atoms with Gasteiger partial charge in [0.25, 0.3) is 0 Å². The molecular weight excluding hydrogens is 236 g/mol. The first-order valence-corrected chi connectivity index (χ1v) is 8.15. The van der Waals surface area contributed by atoms with E-state index in [1.807, 2.05) is 0 Å². The average Bonchev–Trinajstić information content (AvgIpc) is 2.80. The molecule has 3 N–H and O–H groups in total. The zero-order chi connectivity index (χ0) is 13.7. The van der Waals surface area contributed by atoms with Gasteiger partial charge in [0, 0.05) is 19.0 Å². The lowest BCUT2D eigenvalue weighted by Gasteiger charge is -2.26. The summed E-state index contributed by atoms with van der Waals surface area (Å²) in [5.74, 6) is 2.51. The number of hydrogen-bond donors (Lipinski definition) is 2. The second-order valence-electron chi connectivity index (χ2n) is 6.92. The molecule has 2 aliphatic carbocycles. The molecule has 2 rings (SSSR count). The maximum atomic E-state index is 11.9. The van der Waals surface area contributed by atoms with Gasteiger partial charge in [-0.3, -0.25) is 4.79 Å². The van der Waals surface area contributed by atoms with Crippen molar-refractivity contribution < 1.29 is 4.79 Å². The maximum Gasteiger partial charge on any atom is 0.220 e. The SMILES string of the molecule is CC1CCC(CNC(=O)CCC2CCCC(N)C2)C1. The smallest absolute Gasteiger partial charge is 0.220 e. The third kappa shape index (κ3) is 5.13. The Kier molecular flexibility index (Phi) is 5.68. The zero-order valence-corrected chi connectivity index (χ0v) is 12.4. The second kappa shape index (κ2) is 7.28. The number of nitrogens with two attached hydrogens (primary N) is 1. The summed E-state index contributed by atoms with van der Waals surface area (Å²) >= 11 is 0. The molecule has 0 aliphatic heterocycles. The van der Waals surface area contributed by atoms with E-state index in [9.17, 15) is 4.79 Å². The van der Waals surface area contributed by atoms with Crippen molar-refractivity contribution in [3.05, 3.63) is 0 Å². The topological polar surface area (TPSA) is 55.1 Å². The van der Waals surface area contributed by atoms with Gasteiger partial charge in [0.1, 0.15) is 0 Å². The summed E-state index contributed by atoms with van der Waals surface area (Å²) in [5, 5.41) is 3.13. The summed E-state index contributed by atoms with van der Waals surface area (Å²) in [7, 11) is 0. The van der Waals surface area contributed by atoms with Crippen LogP contribution in [0.4, 0.5) is 0 Å². The van der Waals surface area contributed by atoms with Gasteiger partial charge in [-0.1, -0.05) is 26.2 Å². The maximum absolute atomic E-state index is 11.9. The Labute approximate surface area is 117 Å². The molecule has 0 aromatic heterocycles. The summed E-state index contributed by atoms with van der Waals surface area (Å²) in [6.07, 6.45) is 10.4. The minimum atomic E-state index is 0.249. The number of carbonyl (C=O) groups excluding carboxylic acids is 1. The summed E-state index contributed by atoms with van der Waals surface area (Å²) in [4.78, 5) is 11.9. The van der Waals surface area contributed by atoms with Gasteiger partial charge in [0.2, 0.25) is 5.91 Å². The Balaban J connectivity index is 1.56. The van der Waals surface area contributed by atoms with Crippen molar-refractivity contribution in [1.29, 1.82) is 0 Å². The van der Waals surface area contributed by atoms with Crippen LogP contribution >= 0.6 is 0 Å². The Bertz CT molecular complexity index is 292. The third-order valence-electron chi connectivity index (χ3n) is 4.99. The van der Waals surface area contributed by atoms with E-state index in [4.69, 9.17) is 5.73 Å². The van der Waals surface area contributed by atoms with Crippen molar-refractivity contribution in [2.45, 2.75) is 70.8 Å². The van der Waals surface area contributed by atoms with Gasteiger partial charge in [0.15, 0.2) is 0 Å². The molecule has 0 radical (unpaired) electrons. The van der Waals surface area contributed by atoms with E-state index >= 15 is 0 Å². The van der Waals surface area contributed by atoms with Crippen LogP contribution in [0.1, 0.15) is 64.7 Å². The molecule has 110 valence electrons. The molecule has 0 aromatic rings. The van der Waals surface area contributed by atoms with Crippen molar-refractivity contribution >= 4 is 5.91 Å². The van der Waals surface area contributed by atoms with E-state index in [1.165, 1.54) is 38.5 Å². The van der Waals surface area contributed by atoms with Crippen LogP contribution in [0.3, 0.4) is 0 Å². The van der Waals surface area contributed by atoms with Gasteiger partial charge < -0.3 is 11.1 Å². The minimum absolute atomic E-state index is 0.249. The van der Waals surface area contributed by atoms with Crippen molar-refractivity contribution in [3.63, 3.8) is 0 Å². The summed E-state index contributed by atoms with van der Waals surface area (Å²) < 4.78 is 0. The van der Waals surface area contributed by atoms with Crippen LogP contribution in [0.15, 0.2) is 0 Å². The van der Waals surface area contributed by atoms with Gasteiger partial charge in [-0.2, -0.15) is 0 Å². The van der Waals surface area contributed by atoms with Gasteiger partial charge in [-0.25, -0.2) is 0 Å². The Morgan fingerprint density at radius 2 is 2.00 bits per heavy atom. The van der Waals surface area contributed by atoms with E-state index in [1.54, 1.807) is 0 Å². The fourth-order valence-electron chi connectivity index (χ4n) is 3.79. The largest absolute Gasteiger partial charge is 0.356 e. The second-order valence-corrected chi connectivity index (χ2v) is 6.92. The molecular formula is C16H30N2O. The monoisotopic (exact) mass is 266 g/mol. The Hall–Kier alpha value is -0.570. The lowest BCUT2D eigenvalue weighted by atomic mass is 9.83. The molecule has 0 heterocycles. The van der Waals surface area contributed by atoms with Crippen LogP contribution in [-0.4, -0.2) is 18.5 Å². The number of hydrogen-bond acceptors (Lipinski definition) is 2. The van der Waals surface area contributed by atoms with E-state index in [0.717, 1.165) is 31.2 Å². The van der Waals surface area contributed by atoms with E-state index in [2.05, 4.69) is 12.2 Å². The van der Waals surface area contributed by atoms with E-state index in [-0.39, 0.29) is 5.91 Å². The standard InChI is InChI=1S/C16H30N2O/c1-12-5-6-14(9-12)11-18-16(19)8-7-13-3-2-4-15(17)10-13/h12-15H,2-11,17H2,1H3,(H,18,19). The molecule has 1 amide bonds. The molecule has 3 heteroatoms. The number of nitrogens with one attached hydrogen (secondary N) is 1. The minimum Gasteiger partial charge on any atom is -0.356 e. The normalized spacial score (nSPS) is 35.3. The lowest BCUT2D eigenvalue weighted by Crippen LogP contribution is -2.31. The van der Waals surface area contributed by atoms with Crippen LogP contribution in [0.2, 0.25) is 0 Å². The number of rotatable bonds is 5. The number of amides is 1. The first-order chi connectivity index (χ1) is 9.13. The molecule has 2 saturated carbocycles. The van der Waals surface area contributed by atoms with Gasteiger partial charge in [0.05, 0.1) is 0 Å². The predicted octanol–water partition coefficient (Wildman–Crippen LogP) is 2.84. The Morgan fingerprint density at radius 1 is 1.16 bits per heavy atom. The van der Waals surface area contributed by atoms with Gasteiger partial charge >= 0.3 is 0 Å². The van der Waals surface area contributed by atoms with Crippen molar-refractivity contribution in [2.24, 2.45) is 23.5 Å². The third-order valence-corrected chi connectivity index (χ3v) is 4.99. The highest BCUT2D eigenvalue weighted by Crippen LogP contribution is 2.30. The van der Waals surface area contributed by atoms with Crippen LogP contribution in [0, 0.1) is 17.8 Å². The fraction of sp³-hybridized carbons (Fsp3) is 0.938. The van der Waals surface area contributed by atoms with E-state index in [0.29, 0.717) is 18.4 Å². The van der Waals surface area contributed by atoms with Gasteiger partial charge in [-0.15, -0.1) is 0 Å². The van der Waals surface area contributed by atoms with Crippen LogP contribution in [0.5, 0.6) is 0 Å². The Morgan fingerprint density at radius 3 is 2.68 bits per heavy atom. The molecule has 0 bridgehead atoms. The molecule has 2 aliphatic rings. The first-order valence-electron chi connectivity index (χ1n) is 8.15. The zero-order valence-electron chi connectivity index (χ0n) is 12.4. The van der Waals surface area contributed by atoms with Crippen molar-refractivity contribution in [2.75, 3.05) is 6.54 Å². The molecule has 4 atom stereocenters. The van der Waals surface area contributed by atoms with Crippen LogP contribution in [0.25, 0.3) is 0 Å². The quantitative estimate of drug-likeness (QED) is 0.804. The summed E-state index contributed by atoms with van der Waals surface area (Å²) in [6, 6.07) is 0.377. The molecule has 4 unspecified atom stereocenters. The molecule has 19 heavy (non-hydrogen) atoms. The predicted molar refractivity (Wildman–Crippen MR) is 78.7 cm³/mol. The highest BCUT2D eigenvalue weighted by atomic mass is 16.1. The average molecular weight is 266 g/mol. The summed E-state index contributed by atoms with van der Waals surface area (Å²) in [5.41, 5.74) is 5.99. The van der Waals surface area contributed by atoms with Crippen molar-refractivity contribution in [1.82, 2.24) is 5.32 Å². The van der Waals surface area contributed by atoms with Crippen LogP contribution in [-0.2, 0) is 4.79 Å². The highest BCUT2D eigenvalue weighted by molar-refractivity contribution is 5.75. The number of carbonyl (C=O) groups is 1. The molecule has 3 nitrogen and oxygen atoms in total. The molecule has 0 aromatic carbocycles.